The van der Waals surface area contributed by atoms with Gasteiger partial charge in [0.05, 0.1) is 11.2 Å². The summed E-state index contributed by atoms with van der Waals surface area (Å²) in [6.07, 6.45) is 3.51. The molecule has 0 bridgehead atoms. The zero-order chi connectivity index (χ0) is 14.3. The van der Waals surface area contributed by atoms with E-state index in [9.17, 15) is 0 Å². The largest absolute Gasteiger partial charge is 0.381 e. The first-order valence-electron chi connectivity index (χ1n) is 7.58. The second-order valence-corrected chi connectivity index (χ2v) is 6.66. The van der Waals surface area contributed by atoms with Gasteiger partial charge in [0.25, 0.3) is 0 Å². The Labute approximate surface area is 126 Å². The molecule has 1 aliphatic heterocycles. The van der Waals surface area contributed by atoms with Crippen molar-refractivity contribution in [1.82, 2.24) is 15.2 Å². The highest BCUT2D eigenvalue weighted by atomic mass is 32.1. The van der Waals surface area contributed by atoms with Crippen LogP contribution < -0.4 is 5.32 Å². The number of nitrogens with zero attached hydrogens (tertiary/aromatic N) is 2. The lowest BCUT2D eigenvalue weighted by Gasteiger charge is -2.40. The first-order chi connectivity index (χ1) is 9.74. The van der Waals surface area contributed by atoms with E-state index in [1.807, 2.05) is 5.51 Å². The smallest absolute Gasteiger partial charge is 0.0795 e. The van der Waals surface area contributed by atoms with Crippen molar-refractivity contribution >= 4 is 11.3 Å². The lowest BCUT2D eigenvalue weighted by Crippen LogP contribution is -2.46. The van der Waals surface area contributed by atoms with Crippen LogP contribution in [0, 0.1) is 5.41 Å². The Morgan fingerprint density at radius 1 is 1.45 bits per heavy atom. The van der Waals surface area contributed by atoms with Gasteiger partial charge in [-0.15, -0.1) is 11.3 Å². The van der Waals surface area contributed by atoms with Gasteiger partial charge in [0.1, 0.15) is 0 Å². The molecule has 5 heteroatoms. The van der Waals surface area contributed by atoms with Gasteiger partial charge in [-0.3, -0.25) is 4.90 Å². The molecular formula is C15H27N3OS. The van der Waals surface area contributed by atoms with Crippen molar-refractivity contribution in [3.8, 4) is 0 Å². The summed E-state index contributed by atoms with van der Waals surface area (Å²) in [5.41, 5.74) is 3.45. The molecule has 0 aromatic carbocycles. The van der Waals surface area contributed by atoms with E-state index in [4.69, 9.17) is 4.74 Å². The monoisotopic (exact) mass is 297 g/mol. The van der Waals surface area contributed by atoms with Crippen LogP contribution in [0.5, 0.6) is 0 Å². The van der Waals surface area contributed by atoms with Crippen LogP contribution in [0.15, 0.2) is 10.9 Å². The molecule has 1 aromatic heterocycles. The van der Waals surface area contributed by atoms with E-state index in [-0.39, 0.29) is 0 Å². The maximum atomic E-state index is 5.56. The molecule has 0 amide bonds. The summed E-state index contributed by atoms with van der Waals surface area (Å²) in [5, 5.41) is 5.76. The molecular weight excluding hydrogens is 270 g/mol. The zero-order valence-corrected chi connectivity index (χ0v) is 13.5. The number of nitrogens with one attached hydrogen (secondary N) is 1. The molecule has 0 unspecified atom stereocenters. The van der Waals surface area contributed by atoms with E-state index in [1.165, 1.54) is 12.1 Å². The minimum atomic E-state index is 0.359. The van der Waals surface area contributed by atoms with Crippen molar-refractivity contribution in [3.63, 3.8) is 0 Å². The number of hydrogen-bond acceptors (Lipinski definition) is 5. The number of hydrogen-bond donors (Lipinski definition) is 1. The minimum Gasteiger partial charge on any atom is -0.381 e. The third kappa shape index (κ3) is 4.81. The molecule has 0 radical (unpaired) electrons. The van der Waals surface area contributed by atoms with Gasteiger partial charge in [-0.1, -0.05) is 6.92 Å². The van der Waals surface area contributed by atoms with Gasteiger partial charge in [-0.05, 0) is 38.3 Å². The number of ether oxygens (including phenoxy) is 1. The average molecular weight is 297 g/mol. The van der Waals surface area contributed by atoms with Crippen LogP contribution in [-0.4, -0.2) is 49.8 Å². The molecule has 1 saturated heterocycles. The zero-order valence-electron chi connectivity index (χ0n) is 12.7. The summed E-state index contributed by atoms with van der Waals surface area (Å²) in [5.74, 6) is 0. The van der Waals surface area contributed by atoms with E-state index in [0.717, 1.165) is 52.2 Å². The molecule has 1 N–H and O–H groups in total. The van der Waals surface area contributed by atoms with Crippen LogP contribution in [0.4, 0.5) is 0 Å². The van der Waals surface area contributed by atoms with Gasteiger partial charge in [-0.25, -0.2) is 4.98 Å². The Balaban J connectivity index is 1.88. The van der Waals surface area contributed by atoms with E-state index in [0.29, 0.717) is 5.41 Å². The van der Waals surface area contributed by atoms with Crippen LogP contribution in [0.1, 0.15) is 31.9 Å². The standard InChI is InChI=1S/C15H27N3OS/c1-3-6-16-11-15(4-7-19-8-5-15)12-18(2)9-14-10-20-13-17-14/h10,13,16H,3-9,11-12H2,1-2H3. The molecule has 0 saturated carbocycles. The Bertz CT molecular complexity index is 363. The Kier molecular flexibility index (Phi) is 6.42. The number of thiazole rings is 1. The van der Waals surface area contributed by atoms with Crippen LogP contribution in [0.25, 0.3) is 0 Å². The lowest BCUT2D eigenvalue weighted by molar-refractivity contribution is -0.00166. The van der Waals surface area contributed by atoms with Crippen LogP contribution in [0.2, 0.25) is 0 Å². The van der Waals surface area contributed by atoms with E-state index in [1.54, 1.807) is 11.3 Å². The fourth-order valence-electron chi connectivity index (χ4n) is 2.95. The van der Waals surface area contributed by atoms with Crippen LogP contribution in [-0.2, 0) is 11.3 Å². The minimum absolute atomic E-state index is 0.359. The summed E-state index contributed by atoms with van der Waals surface area (Å²) in [6, 6.07) is 0. The summed E-state index contributed by atoms with van der Waals surface area (Å²) < 4.78 is 5.56. The third-order valence-electron chi connectivity index (χ3n) is 4.00. The first kappa shape index (κ1) is 15.9. The van der Waals surface area contributed by atoms with Gasteiger partial charge in [0.15, 0.2) is 0 Å². The molecule has 1 aliphatic rings. The lowest BCUT2D eigenvalue weighted by atomic mass is 9.79. The van der Waals surface area contributed by atoms with E-state index < -0.39 is 0 Å². The molecule has 20 heavy (non-hydrogen) atoms. The predicted molar refractivity (Wildman–Crippen MR) is 84.1 cm³/mol. The van der Waals surface area contributed by atoms with Crippen molar-refractivity contribution in [2.24, 2.45) is 5.41 Å². The summed E-state index contributed by atoms with van der Waals surface area (Å²) in [4.78, 5) is 6.79. The second-order valence-electron chi connectivity index (χ2n) is 5.94. The quantitative estimate of drug-likeness (QED) is 0.748. The van der Waals surface area contributed by atoms with Crippen LogP contribution in [0.3, 0.4) is 0 Å². The maximum Gasteiger partial charge on any atom is 0.0795 e. The SMILES string of the molecule is CCCNCC1(CN(C)Cc2cscn2)CCOCC1. The molecule has 4 nitrogen and oxygen atoms in total. The third-order valence-corrected chi connectivity index (χ3v) is 4.64. The molecule has 0 spiro atoms. The number of rotatable bonds is 8. The summed E-state index contributed by atoms with van der Waals surface area (Å²) >= 11 is 1.67. The molecule has 0 atom stereocenters. The fourth-order valence-corrected chi connectivity index (χ4v) is 3.50. The predicted octanol–water partition coefficient (Wildman–Crippen LogP) is 2.37. The highest BCUT2D eigenvalue weighted by molar-refractivity contribution is 7.07. The Hall–Kier alpha value is -0.490. The van der Waals surface area contributed by atoms with Crippen molar-refractivity contribution in [2.75, 3.05) is 39.9 Å². The average Bonchev–Trinajstić information content (AvgIpc) is 2.92. The summed E-state index contributed by atoms with van der Waals surface area (Å²) in [6.45, 7) is 8.29. The van der Waals surface area contributed by atoms with Gasteiger partial charge >= 0.3 is 0 Å². The summed E-state index contributed by atoms with van der Waals surface area (Å²) in [7, 11) is 2.20. The van der Waals surface area contributed by atoms with Gasteiger partial charge < -0.3 is 10.1 Å². The van der Waals surface area contributed by atoms with Gasteiger partial charge in [-0.2, -0.15) is 0 Å². The van der Waals surface area contributed by atoms with Crippen molar-refractivity contribution in [2.45, 2.75) is 32.7 Å². The highest BCUT2D eigenvalue weighted by Gasteiger charge is 2.33. The molecule has 1 fully saturated rings. The normalized spacial score (nSPS) is 18.6. The molecule has 114 valence electrons. The molecule has 2 heterocycles. The van der Waals surface area contributed by atoms with E-state index >= 15 is 0 Å². The topological polar surface area (TPSA) is 37.4 Å². The Morgan fingerprint density at radius 2 is 2.25 bits per heavy atom. The number of aromatic nitrogens is 1. The highest BCUT2D eigenvalue weighted by Crippen LogP contribution is 2.31. The Morgan fingerprint density at radius 3 is 2.90 bits per heavy atom. The first-order valence-corrected chi connectivity index (χ1v) is 8.52. The molecule has 2 rings (SSSR count). The van der Waals surface area contributed by atoms with Crippen molar-refractivity contribution in [1.29, 1.82) is 0 Å². The van der Waals surface area contributed by atoms with E-state index in [2.05, 4.69) is 34.6 Å². The van der Waals surface area contributed by atoms with Gasteiger partial charge in [0, 0.05) is 38.2 Å². The molecule has 0 aliphatic carbocycles. The van der Waals surface area contributed by atoms with Crippen LogP contribution >= 0.6 is 11.3 Å². The van der Waals surface area contributed by atoms with Crippen molar-refractivity contribution in [3.05, 3.63) is 16.6 Å². The maximum absolute atomic E-state index is 5.56. The van der Waals surface area contributed by atoms with Crippen molar-refractivity contribution < 1.29 is 4.74 Å². The van der Waals surface area contributed by atoms with Gasteiger partial charge in [0.2, 0.25) is 0 Å². The second kappa shape index (κ2) is 8.08. The fraction of sp³-hybridized carbons (Fsp3) is 0.800. The molecule has 1 aromatic rings.